The first kappa shape index (κ1) is 19.0. The van der Waals surface area contributed by atoms with Crippen molar-refractivity contribution in [2.75, 3.05) is 34.5 Å². The monoisotopic (exact) mass is 395 g/mol. The first-order chi connectivity index (χ1) is 14.1. The molecule has 2 aromatic carbocycles. The van der Waals surface area contributed by atoms with Crippen LogP contribution in [0.1, 0.15) is 27.7 Å². The van der Waals surface area contributed by atoms with E-state index in [1.54, 1.807) is 62.6 Å². The van der Waals surface area contributed by atoms with Gasteiger partial charge in [0.15, 0.2) is 16.9 Å². The average molecular weight is 395 g/mol. The molecule has 7 nitrogen and oxygen atoms in total. The normalized spacial score (nSPS) is 15.6. The predicted molar refractivity (Wildman–Crippen MR) is 107 cm³/mol. The Morgan fingerprint density at radius 3 is 2.48 bits per heavy atom. The van der Waals surface area contributed by atoms with E-state index in [0.717, 1.165) is 5.56 Å². The number of para-hydroxylation sites is 1. The summed E-state index contributed by atoms with van der Waals surface area (Å²) in [6.45, 7) is 0.644. The number of carbonyl (C=O) groups is 1. The van der Waals surface area contributed by atoms with Crippen molar-refractivity contribution >= 4 is 16.9 Å². The first-order valence-corrected chi connectivity index (χ1v) is 9.18. The maximum Gasteiger partial charge on any atom is 0.290 e. The number of hydrogen-bond acceptors (Lipinski definition) is 6. The van der Waals surface area contributed by atoms with E-state index in [4.69, 9.17) is 18.6 Å². The second-order valence-corrected chi connectivity index (χ2v) is 6.68. The maximum atomic E-state index is 13.3. The van der Waals surface area contributed by atoms with Gasteiger partial charge >= 0.3 is 0 Å². The quantitative estimate of drug-likeness (QED) is 0.639. The lowest BCUT2D eigenvalue weighted by Crippen LogP contribution is -2.32. The minimum absolute atomic E-state index is 0.0737. The van der Waals surface area contributed by atoms with Gasteiger partial charge in [-0.2, -0.15) is 0 Å². The second-order valence-electron chi connectivity index (χ2n) is 6.68. The number of hydrogen-bond donors (Lipinski definition) is 0. The Morgan fingerprint density at radius 2 is 1.76 bits per heavy atom. The van der Waals surface area contributed by atoms with Crippen LogP contribution in [-0.2, 0) is 4.74 Å². The minimum Gasteiger partial charge on any atom is -0.493 e. The van der Waals surface area contributed by atoms with Gasteiger partial charge in [0, 0.05) is 13.7 Å². The molecular formula is C22H21NO6. The van der Waals surface area contributed by atoms with Gasteiger partial charge in [0.2, 0.25) is 5.76 Å². The molecule has 0 saturated heterocycles. The van der Waals surface area contributed by atoms with Crippen molar-refractivity contribution in [3.8, 4) is 11.5 Å². The summed E-state index contributed by atoms with van der Waals surface area (Å²) in [5, 5.41) is 0.443. The Morgan fingerprint density at radius 1 is 1.00 bits per heavy atom. The third-order valence-electron chi connectivity index (χ3n) is 5.13. The molecule has 1 aliphatic heterocycles. The van der Waals surface area contributed by atoms with Crippen molar-refractivity contribution in [1.82, 2.24) is 4.90 Å². The van der Waals surface area contributed by atoms with Crippen molar-refractivity contribution < 1.29 is 23.4 Å². The molecule has 1 aromatic heterocycles. The number of benzene rings is 2. The highest BCUT2D eigenvalue weighted by atomic mass is 16.5. The van der Waals surface area contributed by atoms with Crippen molar-refractivity contribution in [2.45, 2.75) is 6.04 Å². The van der Waals surface area contributed by atoms with Gasteiger partial charge in [0.25, 0.3) is 5.91 Å². The average Bonchev–Trinajstić information content (AvgIpc) is 3.03. The number of carbonyl (C=O) groups excluding carboxylic acids is 1. The number of fused-ring (bicyclic) bond motifs is 2. The lowest BCUT2D eigenvalue weighted by atomic mass is 9.98. The highest BCUT2D eigenvalue weighted by molar-refractivity contribution is 5.99. The van der Waals surface area contributed by atoms with E-state index in [9.17, 15) is 9.59 Å². The molecular weight excluding hydrogens is 374 g/mol. The maximum absolute atomic E-state index is 13.3. The number of ether oxygens (including phenoxy) is 3. The Labute approximate surface area is 167 Å². The highest BCUT2D eigenvalue weighted by Gasteiger charge is 2.42. The van der Waals surface area contributed by atoms with Crippen molar-refractivity contribution in [3.05, 3.63) is 69.6 Å². The van der Waals surface area contributed by atoms with Crippen LogP contribution in [0, 0.1) is 0 Å². The van der Waals surface area contributed by atoms with Gasteiger partial charge in [-0.25, -0.2) is 0 Å². The molecule has 7 heteroatoms. The van der Waals surface area contributed by atoms with Crippen LogP contribution in [0.3, 0.4) is 0 Å². The lowest BCUT2D eigenvalue weighted by Gasteiger charge is -2.25. The van der Waals surface area contributed by atoms with Gasteiger partial charge in [-0.15, -0.1) is 0 Å². The van der Waals surface area contributed by atoms with E-state index >= 15 is 0 Å². The molecule has 0 fully saturated rings. The second kappa shape index (κ2) is 7.60. The van der Waals surface area contributed by atoms with Crippen molar-refractivity contribution in [1.29, 1.82) is 0 Å². The van der Waals surface area contributed by atoms with Gasteiger partial charge in [0.05, 0.1) is 37.8 Å². The molecule has 150 valence electrons. The lowest BCUT2D eigenvalue weighted by molar-refractivity contribution is 0.0663. The molecule has 0 bridgehead atoms. The van der Waals surface area contributed by atoms with Crippen LogP contribution in [0.5, 0.6) is 11.5 Å². The Kier molecular flexibility index (Phi) is 4.98. The fourth-order valence-electron chi connectivity index (χ4n) is 3.76. The van der Waals surface area contributed by atoms with E-state index in [1.807, 2.05) is 6.07 Å². The van der Waals surface area contributed by atoms with Crippen LogP contribution < -0.4 is 14.9 Å². The summed E-state index contributed by atoms with van der Waals surface area (Å²) >= 11 is 0. The zero-order valence-corrected chi connectivity index (χ0v) is 16.4. The fraction of sp³-hybridized carbons (Fsp3) is 0.273. The summed E-state index contributed by atoms with van der Waals surface area (Å²) in [5.74, 6) is 0.821. The zero-order chi connectivity index (χ0) is 20.5. The Balaban J connectivity index is 1.95. The number of rotatable bonds is 6. The molecule has 1 aliphatic rings. The number of nitrogens with zero attached hydrogens (tertiary/aromatic N) is 1. The molecule has 0 aliphatic carbocycles. The molecule has 0 unspecified atom stereocenters. The van der Waals surface area contributed by atoms with E-state index in [-0.39, 0.29) is 17.1 Å². The summed E-state index contributed by atoms with van der Waals surface area (Å²) in [6, 6.07) is 11.7. The summed E-state index contributed by atoms with van der Waals surface area (Å²) in [6.07, 6.45) is 0. The van der Waals surface area contributed by atoms with Gasteiger partial charge < -0.3 is 23.5 Å². The fourth-order valence-corrected chi connectivity index (χ4v) is 3.76. The number of amides is 1. The van der Waals surface area contributed by atoms with Crippen molar-refractivity contribution in [2.24, 2.45) is 0 Å². The first-order valence-electron chi connectivity index (χ1n) is 9.18. The van der Waals surface area contributed by atoms with Crippen LogP contribution >= 0.6 is 0 Å². The molecule has 0 saturated carbocycles. The van der Waals surface area contributed by atoms with E-state index in [0.29, 0.717) is 41.2 Å². The largest absolute Gasteiger partial charge is 0.493 e. The predicted octanol–water partition coefficient (Wildman–Crippen LogP) is 3.00. The molecule has 0 radical (unpaired) electrons. The summed E-state index contributed by atoms with van der Waals surface area (Å²) in [5.41, 5.74) is 1.24. The zero-order valence-electron chi connectivity index (χ0n) is 16.4. The van der Waals surface area contributed by atoms with E-state index in [1.165, 1.54) is 0 Å². The summed E-state index contributed by atoms with van der Waals surface area (Å²) in [4.78, 5) is 28.1. The molecule has 1 atom stereocenters. The SMILES string of the molecule is COCCN1C(=O)c2oc3ccccc3c(=O)c2[C@H]1c1ccc(OC)c(OC)c1. The smallest absolute Gasteiger partial charge is 0.290 e. The van der Waals surface area contributed by atoms with Gasteiger partial charge in [-0.05, 0) is 29.8 Å². The third-order valence-corrected chi connectivity index (χ3v) is 5.13. The molecule has 0 N–H and O–H groups in total. The molecule has 29 heavy (non-hydrogen) atoms. The minimum atomic E-state index is -0.603. The molecule has 0 spiro atoms. The van der Waals surface area contributed by atoms with Crippen LogP contribution in [0.15, 0.2) is 51.7 Å². The standard InChI is InChI=1S/C22H21NO6/c1-26-11-10-23-19(13-8-9-16(27-2)17(12-13)28-3)18-20(24)14-6-4-5-7-15(14)29-21(18)22(23)25/h4-9,12,19H,10-11H2,1-3H3/t19-/m1/s1. The summed E-state index contributed by atoms with van der Waals surface area (Å²) < 4.78 is 21.8. The topological polar surface area (TPSA) is 78.2 Å². The number of methoxy groups -OCH3 is 3. The Bertz CT molecular complexity index is 1140. The van der Waals surface area contributed by atoms with Gasteiger partial charge in [-0.3, -0.25) is 9.59 Å². The van der Waals surface area contributed by atoms with Crippen LogP contribution in [0.2, 0.25) is 0 Å². The molecule has 3 aromatic rings. The van der Waals surface area contributed by atoms with Crippen LogP contribution in [0.25, 0.3) is 11.0 Å². The molecule has 1 amide bonds. The van der Waals surface area contributed by atoms with Crippen LogP contribution in [0.4, 0.5) is 0 Å². The molecule has 4 rings (SSSR count). The van der Waals surface area contributed by atoms with Gasteiger partial charge in [0.1, 0.15) is 5.58 Å². The van der Waals surface area contributed by atoms with Crippen molar-refractivity contribution in [3.63, 3.8) is 0 Å². The third kappa shape index (κ3) is 3.03. The Hall–Kier alpha value is -3.32. The van der Waals surface area contributed by atoms with Crippen LogP contribution in [-0.4, -0.2) is 45.3 Å². The van der Waals surface area contributed by atoms with Gasteiger partial charge in [-0.1, -0.05) is 18.2 Å². The van der Waals surface area contributed by atoms with E-state index < -0.39 is 6.04 Å². The van der Waals surface area contributed by atoms with E-state index in [2.05, 4.69) is 0 Å². The highest BCUT2D eigenvalue weighted by Crippen LogP contribution is 2.40. The summed E-state index contributed by atoms with van der Waals surface area (Å²) in [7, 11) is 4.66. The molecule has 2 heterocycles.